The van der Waals surface area contributed by atoms with Gasteiger partial charge in [-0.3, -0.25) is 9.59 Å². The molecule has 2 aromatic rings. The summed E-state index contributed by atoms with van der Waals surface area (Å²) >= 11 is 0. The van der Waals surface area contributed by atoms with Crippen molar-refractivity contribution in [2.75, 3.05) is 0 Å². The van der Waals surface area contributed by atoms with Crippen molar-refractivity contribution < 1.29 is 9.59 Å². The maximum absolute atomic E-state index is 12.8. The molecule has 2 nitrogen and oxygen atoms in total. The number of hydrogen-bond donors (Lipinski definition) is 0. The highest BCUT2D eigenvalue weighted by Gasteiger charge is 2.30. The minimum atomic E-state index is -0.396. The lowest BCUT2D eigenvalue weighted by molar-refractivity contribution is -0.127. The van der Waals surface area contributed by atoms with Crippen LogP contribution in [0.15, 0.2) is 48.5 Å². The van der Waals surface area contributed by atoms with Gasteiger partial charge < -0.3 is 0 Å². The average molecular weight is 348 g/mol. The number of ketones is 2. The molecule has 0 amide bonds. The van der Waals surface area contributed by atoms with Crippen LogP contribution in [0.5, 0.6) is 0 Å². The highest BCUT2D eigenvalue weighted by Crippen LogP contribution is 2.29. The molecule has 2 heteroatoms. The molecule has 4 aliphatic carbocycles. The van der Waals surface area contributed by atoms with Gasteiger partial charge in [0, 0.05) is 23.7 Å². The van der Waals surface area contributed by atoms with Crippen LogP contribution < -0.4 is 0 Å². The van der Waals surface area contributed by atoms with Crippen molar-refractivity contribution in [3.05, 3.63) is 70.8 Å². The van der Waals surface area contributed by atoms with Gasteiger partial charge in [-0.05, 0) is 35.1 Å². The number of Topliss-reactive ketones (excluding diaryl/α,β-unsaturated/α-hetero) is 2. The SMILES string of the molecule is CC1(C)Cc2ccc(cc2)CC(C)(C)C(=O)Cc2ccc(cc2)CC1=O. The van der Waals surface area contributed by atoms with E-state index in [4.69, 9.17) is 0 Å². The van der Waals surface area contributed by atoms with E-state index in [9.17, 15) is 9.59 Å². The van der Waals surface area contributed by atoms with Crippen LogP contribution in [0.3, 0.4) is 0 Å². The van der Waals surface area contributed by atoms with E-state index in [2.05, 4.69) is 24.3 Å². The van der Waals surface area contributed by atoms with Crippen LogP contribution in [0.4, 0.5) is 0 Å². The van der Waals surface area contributed by atoms with Gasteiger partial charge in [0.05, 0.1) is 0 Å². The summed E-state index contributed by atoms with van der Waals surface area (Å²) in [7, 11) is 0. The molecular formula is C24H28O2. The van der Waals surface area contributed by atoms with E-state index in [1.54, 1.807) is 0 Å². The zero-order chi connectivity index (χ0) is 18.9. The van der Waals surface area contributed by atoms with Gasteiger partial charge in [-0.15, -0.1) is 0 Å². The van der Waals surface area contributed by atoms with Gasteiger partial charge >= 0.3 is 0 Å². The zero-order valence-electron chi connectivity index (χ0n) is 16.3. The highest BCUT2D eigenvalue weighted by molar-refractivity contribution is 5.87. The molecule has 0 N–H and O–H groups in total. The van der Waals surface area contributed by atoms with Crippen molar-refractivity contribution in [1.29, 1.82) is 0 Å². The van der Waals surface area contributed by atoms with Gasteiger partial charge in [-0.1, -0.05) is 76.2 Å². The Kier molecular flexibility index (Phi) is 4.88. The normalized spacial score (nSPS) is 19.7. The number of hydrogen-bond acceptors (Lipinski definition) is 2. The van der Waals surface area contributed by atoms with Crippen LogP contribution in [0.1, 0.15) is 49.9 Å². The Hall–Kier alpha value is -2.22. The Labute approximate surface area is 156 Å². The largest absolute Gasteiger partial charge is 0.299 e. The fourth-order valence-electron chi connectivity index (χ4n) is 3.62. The number of benzene rings is 2. The molecule has 0 atom stereocenters. The minimum Gasteiger partial charge on any atom is -0.299 e. The quantitative estimate of drug-likeness (QED) is 0.688. The summed E-state index contributed by atoms with van der Waals surface area (Å²) in [5, 5.41) is 0. The van der Waals surface area contributed by atoms with Gasteiger partial charge in [0.1, 0.15) is 11.6 Å². The summed E-state index contributed by atoms with van der Waals surface area (Å²) in [5.41, 5.74) is 3.57. The van der Waals surface area contributed by atoms with Gasteiger partial charge in [0.2, 0.25) is 0 Å². The summed E-state index contributed by atoms with van der Waals surface area (Å²) in [6.07, 6.45) is 2.33. The smallest absolute Gasteiger partial charge is 0.143 e. The third-order valence-corrected chi connectivity index (χ3v) is 5.58. The Morgan fingerprint density at radius 2 is 0.808 bits per heavy atom. The summed E-state index contributed by atoms with van der Waals surface area (Å²) in [6, 6.07) is 16.4. The van der Waals surface area contributed by atoms with Crippen molar-refractivity contribution in [2.24, 2.45) is 10.8 Å². The van der Waals surface area contributed by atoms with Gasteiger partial charge in [-0.25, -0.2) is 0 Å². The van der Waals surface area contributed by atoms with Crippen LogP contribution in [0.25, 0.3) is 0 Å². The van der Waals surface area contributed by atoms with Gasteiger partial charge in [-0.2, -0.15) is 0 Å². The molecule has 0 aromatic heterocycles. The highest BCUT2D eigenvalue weighted by atomic mass is 16.1. The Bertz CT molecular complexity index is 738. The van der Waals surface area contributed by atoms with Crippen LogP contribution in [0, 0.1) is 10.8 Å². The van der Waals surface area contributed by atoms with Crippen molar-refractivity contribution >= 4 is 11.6 Å². The maximum atomic E-state index is 12.8. The fourth-order valence-corrected chi connectivity index (χ4v) is 3.62. The molecule has 0 spiro atoms. The number of carbonyl (C=O) groups excluding carboxylic acids is 2. The molecule has 0 radical (unpaired) electrons. The number of rotatable bonds is 0. The molecular weight excluding hydrogens is 320 g/mol. The monoisotopic (exact) mass is 348 g/mol. The molecule has 136 valence electrons. The van der Waals surface area contributed by atoms with Crippen LogP contribution in [-0.2, 0) is 35.3 Å². The first-order valence-corrected chi connectivity index (χ1v) is 9.38. The van der Waals surface area contributed by atoms with E-state index in [0.29, 0.717) is 12.8 Å². The van der Waals surface area contributed by atoms with E-state index < -0.39 is 10.8 Å². The van der Waals surface area contributed by atoms with Crippen LogP contribution >= 0.6 is 0 Å². The zero-order valence-corrected chi connectivity index (χ0v) is 16.3. The predicted octanol–water partition coefficient (Wildman–Crippen LogP) is 4.76. The summed E-state index contributed by atoms with van der Waals surface area (Å²) in [4.78, 5) is 25.6. The summed E-state index contributed by atoms with van der Waals surface area (Å²) in [5.74, 6) is 0.497. The lowest BCUT2D eigenvalue weighted by Gasteiger charge is -2.25. The molecule has 6 rings (SSSR count). The Morgan fingerprint density at radius 3 is 1.12 bits per heavy atom. The lowest BCUT2D eigenvalue weighted by Crippen LogP contribution is -2.29. The predicted molar refractivity (Wildman–Crippen MR) is 105 cm³/mol. The molecule has 4 aliphatic rings. The van der Waals surface area contributed by atoms with E-state index in [0.717, 1.165) is 24.0 Å². The molecule has 0 saturated heterocycles. The summed E-state index contributed by atoms with van der Waals surface area (Å²) < 4.78 is 0. The van der Waals surface area contributed by atoms with Crippen LogP contribution in [0.2, 0.25) is 0 Å². The van der Waals surface area contributed by atoms with E-state index in [-0.39, 0.29) is 11.6 Å². The first kappa shape index (κ1) is 18.6. The third kappa shape index (κ3) is 4.12. The number of carbonyl (C=O) groups is 2. The van der Waals surface area contributed by atoms with E-state index in [1.165, 1.54) is 11.1 Å². The van der Waals surface area contributed by atoms with Gasteiger partial charge in [0.15, 0.2) is 0 Å². The second-order valence-corrected chi connectivity index (χ2v) is 8.95. The van der Waals surface area contributed by atoms with E-state index >= 15 is 0 Å². The minimum absolute atomic E-state index is 0.249. The fraction of sp³-hybridized carbons (Fsp3) is 0.417. The molecule has 26 heavy (non-hydrogen) atoms. The standard InChI is InChI=1S/C24H28O2/c1-23(2)15-19-9-11-20(12-10-19)16-24(3,4)22(26)14-18-7-5-17(6-8-18)13-21(23)25/h5-12H,13-16H2,1-4H3. The molecule has 4 bridgehead atoms. The first-order chi connectivity index (χ1) is 12.2. The third-order valence-electron chi connectivity index (χ3n) is 5.58. The van der Waals surface area contributed by atoms with Crippen molar-refractivity contribution in [2.45, 2.75) is 53.4 Å². The van der Waals surface area contributed by atoms with Crippen molar-refractivity contribution in [3.8, 4) is 0 Å². The molecule has 0 fully saturated rings. The maximum Gasteiger partial charge on any atom is 0.143 e. The molecule has 0 saturated carbocycles. The Morgan fingerprint density at radius 1 is 0.538 bits per heavy atom. The molecule has 0 aliphatic heterocycles. The second-order valence-electron chi connectivity index (χ2n) is 8.95. The van der Waals surface area contributed by atoms with E-state index in [1.807, 2.05) is 52.0 Å². The average Bonchev–Trinajstić information content (AvgIpc) is 2.57. The molecule has 0 unspecified atom stereocenters. The molecule has 0 heterocycles. The van der Waals surface area contributed by atoms with Crippen molar-refractivity contribution in [1.82, 2.24) is 0 Å². The Balaban J connectivity index is 1.99. The van der Waals surface area contributed by atoms with Crippen molar-refractivity contribution in [3.63, 3.8) is 0 Å². The second kappa shape index (κ2) is 6.83. The first-order valence-electron chi connectivity index (χ1n) is 9.38. The topological polar surface area (TPSA) is 34.1 Å². The van der Waals surface area contributed by atoms with Gasteiger partial charge in [0.25, 0.3) is 0 Å². The van der Waals surface area contributed by atoms with Crippen LogP contribution in [-0.4, -0.2) is 11.6 Å². The lowest BCUT2D eigenvalue weighted by atomic mass is 9.77. The molecule has 2 aromatic carbocycles. The summed E-state index contributed by atoms with van der Waals surface area (Å²) in [6.45, 7) is 8.12.